The highest BCUT2D eigenvalue weighted by Crippen LogP contribution is 2.47. The van der Waals surface area contributed by atoms with Crippen LogP contribution < -0.4 is 24.8 Å². The summed E-state index contributed by atoms with van der Waals surface area (Å²) in [5, 5.41) is 5.46. The van der Waals surface area contributed by atoms with Crippen molar-refractivity contribution in [1.82, 2.24) is 43.8 Å². The monoisotopic (exact) mass is 1110 g/mol. The van der Waals surface area contributed by atoms with Crippen LogP contribution in [0.2, 0.25) is 0 Å². The molecule has 0 radical (unpaired) electrons. The maximum absolute atomic E-state index is 18.2. The molecule has 4 aromatic heterocycles. The van der Waals surface area contributed by atoms with E-state index in [4.69, 9.17) is 27.9 Å². The van der Waals surface area contributed by atoms with E-state index < -0.39 is 83.5 Å². The van der Waals surface area contributed by atoms with E-state index in [1.165, 1.54) is 48.7 Å². The first-order chi connectivity index (χ1) is 38.9. The largest absolute Gasteiger partial charge is 0.497 e. The molecule has 0 bridgehead atoms. The highest BCUT2D eigenvalue weighted by Gasteiger charge is 2.54. The van der Waals surface area contributed by atoms with Gasteiger partial charge in [0.05, 0.1) is 33.0 Å². The summed E-state index contributed by atoms with van der Waals surface area (Å²) in [6, 6.07) is 40.0. The minimum absolute atomic E-state index is 0.0358. The molecule has 5 aromatic carbocycles. The third kappa shape index (κ3) is 10.3. The Labute approximate surface area is 456 Å². The predicted octanol–water partition coefficient (Wildman–Crippen LogP) is 7.67. The van der Waals surface area contributed by atoms with Crippen LogP contribution >= 0.6 is 0 Å². The molecule has 11 rings (SSSR count). The van der Waals surface area contributed by atoms with Gasteiger partial charge in [-0.3, -0.25) is 18.7 Å². The van der Waals surface area contributed by atoms with Crippen molar-refractivity contribution in [1.29, 1.82) is 0 Å². The summed E-state index contributed by atoms with van der Waals surface area (Å²) in [7, 11) is -1.89. The van der Waals surface area contributed by atoms with Crippen molar-refractivity contribution >= 4 is 56.1 Å². The maximum atomic E-state index is 18.2. The van der Waals surface area contributed by atoms with Gasteiger partial charge in [0.2, 0.25) is 0 Å². The van der Waals surface area contributed by atoms with E-state index in [1.54, 1.807) is 116 Å². The van der Waals surface area contributed by atoms with Crippen molar-refractivity contribution in [3.05, 3.63) is 193 Å². The first-order valence-electron chi connectivity index (χ1n) is 25.3. The molecule has 3 N–H and O–H groups in total. The molecule has 2 amide bonds. The zero-order valence-corrected chi connectivity index (χ0v) is 43.8. The number of amides is 2. The lowest BCUT2D eigenvalue weighted by Crippen LogP contribution is -2.47. The molecule has 0 spiro atoms. The Hall–Kier alpha value is -8.65. The summed E-state index contributed by atoms with van der Waals surface area (Å²) >= 11 is 0. The average molecular weight is 1110 g/mol. The smallest absolute Gasteiger partial charge is 0.336 e. The topological polar surface area (TPSA) is 247 Å². The third-order valence-corrected chi connectivity index (χ3v) is 14.9. The van der Waals surface area contributed by atoms with Crippen LogP contribution in [0.15, 0.2) is 165 Å². The van der Waals surface area contributed by atoms with E-state index in [-0.39, 0.29) is 40.4 Å². The van der Waals surface area contributed by atoms with Gasteiger partial charge in [-0.2, -0.15) is 13.1 Å². The first-order valence-corrected chi connectivity index (χ1v) is 26.7. The third-order valence-electron chi connectivity index (χ3n) is 13.9. The molecular formula is C56H51F2N11O10S. The van der Waals surface area contributed by atoms with Crippen LogP contribution in [0.25, 0.3) is 22.3 Å². The van der Waals surface area contributed by atoms with Crippen LogP contribution in [0.5, 0.6) is 11.5 Å². The lowest BCUT2D eigenvalue weighted by atomic mass is 9.79. The summed E-state index contributed by atoms with van der Waals surface area (Å²) in [6.07, 6.45) is -8.21. The molecule has 6 heterocycles. The molecule has 9 aromatic rings. The molecule has 0 aliphatic carbocycles. The highest BCUT2D eigenvalue weighted by molar-refractivity contribution is 7.84. The molecule has 410 valence electrons. The highest BCUT2D eigenvalue weighted by atomic mass is 32.2. The number of carbonyl (C=O) groups excluding carboxylic acids is 2. The number of ether oxygens (including phenoxy) is 5. The van der Waals surface area contributed by atoms with E-state index in [9.17, 15) is 18.0 Å². The van der Waals surface area contributed by atoms with Gasteiger partial charge in [0.25, 0.3) is 11.8 Å². The number of carbonyl (C=O) groups is 2. The Bertz CT molecular complexity index is 3710. The van der Waals surface area contributed by atoms with Crippen molar-refractivity contribution in [3.8, 4) is 11.5 Å². The molecule has 2 aliphatic rings. The molecule has 24 heteroatoms. The van der Waals surface area contributed by atoms with Crippen molar-refractivity contribution in [2.45, 2.75) is 68.2 Å². The number of nitrogens with one attached hydrogen (secondary N) is 3. The van der Waals surface area contributed by atoms with E-state index in [1.807, 2.05) is 30.3 Å². The van der Waals surface area contributed by atoms with Crippen LogP contribution in [-0.2, 0) is 34.3 Å². The van der Waals surface area contributed by atoms with Gasteiger partial charge >= 0.3 is 10.3 Å². The fraction of sp³-hybridized carbons (Fsp3) is 0.250. The number of halogens is 2. The summed E-state index contributed by atoms with van der Waals surface area (Å²) in [5.74, 6) is 0.206. The number of benzene rings is 5. The zero-order chi connectivity index (χ0) is 55.5. The van der Waals surface area contributed by atoms with E-state index >= 15 is 8.78 Å². The Morgan fingerprint density at radius 3 is 1.49 bits per heavy atom. The Morgan fingerprint density at radius 2 is 1.02 bits per heavy atom. The SMILES string of the molecule is CC[C@H]1O[C@@H](n2cnc3c(NC(=O)c4ccccc4)ncnc32)[C@H](F)[C@@H]1OS(=O)(=O)NC[C@H]1O[C@@H](n2cnc3c(NC(=O)c4ccccc4)ncnc32)[C@H](F)[C@@H]1OC(c1ccccc1)(c1ccc(OC)cc1)c1ccc(OC)cc1. The molecule has 21 nitrogen and oxygen atoms in total. The number of fused-ring (bicyclic) bond motifs is 2. The van der Waals surface area contributed by atoms with E-state index in [2.05, 4.69) is 45.3 Å². The number of hydrogen-bond donors (Lipinski definition) is 3. The van der Waals surface area contributed by atoms with Gasteiger partial charge in [-0.15, -0.1) is 0 Å². The van der Waals surface area contributed by atoms with Gasteiger partial charge in [0.1, 0.15) is 48.1 Å². The number of aromatic nitrogens is 8. The number of rotatable bonds is 19. The standard InChI is InChI=1S/C56H51F2N11O10S/c1-4-40-47(43(58)55(76-40)69-32-64-45-49(60-30-62-51(45)69)67-53(71)34-16-10-6-11-17-34)79-80(72,73)65-28-41-46(42(57)54(77-41)68-31-63-44-48(59-29-61-50(44)68)66-52(70)33-14-8-5-9-15-33)78-56(35-18-12-7-13-19-35,36-20-24-38(74-2)25-21-36)37-22-26-39(75-3)27-23-37/h5-27,29-32,40-43,46-47,54-55,65H,4,28H2,1-3H3,(H,59,61,66,70)(H,60,62,67,71)/t40-,41-,42-,43-,46-,47-,54-,55-/m1/s1. The van der Waals surface area contributed by atoms with Crippen molar-refractivity contribution in [3.63, 3.8) is 0 Å². The van der Waals surface area contributed by atoms with Gasteiger partial charge in [-0.05, 0) is 71.6 Å². The number of hydrogen-bond acceptors (Lipinski definition) is 16. The number of methoxy groups -OCH3 is 2. The molecular weight excluding hydrogens is 1060 g/mol. The second kappa shape index (κ2) is 22.6. The zero-order valence-electron chi connectivity index (χ0n) is 42.9. The lowest BCUT2D eigenvalue weighted by Gasteiger charge is -2.39. The normalized spacial score (nSPS) is 21.2. The fourth-order valence-corrected chi connectivity index (χ4v) is 10.9. The average Bonchev–Trinajstić information content (AvgIpc) is 4.35. The summed E-state index contributed by atoms with van der Waals surface area (Å²) in [4.78, 5) is 52.3. The van der Waals surface area contributed by atoms with Gasteiger partial charge in [-0.1, -0.05) is 97.9 Å². The number of anilines is 2. The summed E-state index contributed by atoms with van der Waals surface area (Å²) in [6.45, 7) is 0.998. The Balaban J connectivity index is 0.918. The Kier molecular flexibility index (Phi) is 15.1. The second-order valence-electron chi connectivity index (χ2n) is 18.6. The minimum Gasteiger partial charge on any atom is -0.497 e. The maximum Gasteiger partial charge on any atom is 0.336 e. The van der Waals surface area contributed by atoms with Crippen LogP contribution in [0.3, 0.4) is 0 Å². The van der Waals surface area contributed by atoms with Gasteiger partial charge in [0, 0.05) is 17.7 Å². The number of alkyl halides is 2. The second-order valence-corrected chi connectivity index (χ2v) is 20.0. The molecule has 8 atom stereocenters. The molecule has 0 unspecified atom stereocenters. The minimum atomic E-state index is -4.95. The first kappa shape index (κ1) is 53.4. The predicted molar refractivity (Wildman–Crippen MR) is 286 cm³/mol. The van der Waals surface area contributed by atoms with Crippen LogP contribution in [0.4, 0.5) is 20.4 Å². The molecule has 2 saturated heterocycles. The summed E-state index contributed by atoms with van der Waals surface area (Å²) < 4.78 is 105. The van der Waals surface area contributed by atoms with Crippen LogP contribution in [0, 0.1) is 0 Å². The van der Waals surface area contributed by atoms with E-state index in [0.29, 0.717) is 39.3 Å². The molecule has 80 heavy (non-hydrogen) atoms. The van der Waals surface area contributed by atoms with Gasteiger partial charge in [-0.25, -0.2) is 42.9 Å². The quantitative estimate of drug-likeness (QED) is 0.0658. The molecule has 2 fully saturated rings. The van der Waals surface area contributed by atoms with Crippen molar-refractivity contribution in [2.24, 2.45) is 0 Å². The lowest BCUT2D eigenvalue weighted by molar-refractivity contribution is -0.0916. The van der Waals surface area contributed by atoms with Gasteiger partial charge < -0.3 is 34.3 Å². The van der Waals surface area contributed by atoms with Crippen LogP contribution in [-0.4, -0.2) is 117 Å². The Morgan fingerprint density at radius 1 is 0.588 bits per heavy atom. The number of nitrogens with zero attached hydrogens (tertiary/aromatic N) is 8. The van der Waals surface area contributed by atoms with Crippen molar-refractivity contribution < 1.29 is 54.7 Å². The molecule has 2 aliphatic heterocycles. The van der Waals surface area contributed by atoms with E-state index in [0.717, 1.165) is 0 Å². The van der Waals surface area contributed by atoms with Crippen LogP contribution in [0.1, 0.15) is 63.2 Å². The van der Waals surface area contributed by atoms with Crippen molar-refractivity contribution in [2.75, 3.05) is 31.4 Å². The molecule has 0 saturated carbocycles. The fourth-order valence-electron chi connectivity index (χ4n) is 9.98. The van der Waals surface area contributed by atoms with Gasteiger partial charge in [0.15, 0.2) is 58.8 Å². The summed E-state index contributed by atoms with van der Waals surface area (Å²) in [5.41, 5.74) is 1.09. The number of imidazole rings is 2.